The van der Waals surface area contributed by atoms with E-state index in [1.807, 2.05) is 0 Å². The van der Waals surface area contributed by atoms with Crippen molar-refractivity contribution in [2.24, 2.45) is 11.5 Å². The maximum Gasteiger partial charge on any atom is 0.330 e. The quantitative estimate of drug-likeness (QED) is 0.0559. The zero-order valence-electron chi connectivity index (χ0n) is 23.1. The van der Waals surface area contributed by atoms with Gasteiger partial charge in [-0.05, 0) is 44.8 Å². The molecule has 0 saturated carbocycles. The highest BCUT2D eigenvalue weighted by Crippen LogP contribution is 2.12. The smallest absolute Gasteiger partial charge is 0.330 e. The van der Waals surface area contributed by atoms with Gasteiger partial charge in [0.15, 0.2) is 11.3 Å². The highest BCUT2D eigenvalue weighted by Gasteiger charge is 2.19. The summed E-state index contributed by atoms with van der Waals surface area (Å²) in [6.07, 6.45) is 3.17. The summed E-state index contributed by atoms with van der Waals surface area (Å²) in [6, 6.07) is -0.533. The average molecular weight is 592 g/mol. The van der Waals surface area contributed by atoms with Crippen molar-refractivity contribution in [3.63, 3.8) is 0 Å². The second-order valence-electron chi connectivity index (χ2n) is 9.81. The van der Waals surface area contributed by atoms with Crippen molar-refractivity contribution in [1.82, 2.24) is 34.7 Å². The van der Waals surface area contributed by atoms with Crippen LogP contribution in [0, 0.1) is 0 Å². The summed E-state index contributed by atoms with van der Waals surface area (Å²) >= 11 is 0. The molecule has 3 rings (SSSR count). The molecule has 0 unspecified atom stereocenters. The molecule has 42 heavy (non-hydrogen) atoms. The molecule has 0 fully saturated rings. The number of nitrogens with two attached hydrogens (primary N) is 2. The summed E-state index contributed by atoms with van der Waals surface area (Å²) in [6.45, 7) is 0.778. The molecule has 0 bridgehead atoms. The molecule has 2 atom stereocenters. The predicted molar refractivity (Wildman–Crippen MR) is 154 cm³/mol. The van der Waals surface area contributed by atoms with Gasteiger partial charge < -0.3 is 32.3 Å². The minimum atomic E-state index is -1.06. The number of aromatic amines is 2. The van der Waals surface area contributed by atoms with E-state index in [9.17, 15) is 39.0 Å². The molecular weight excluding hydrogens is 554 g/mol. The van der Waals surface area contributed by atoms with E-state index in [2.05, 4.69) is 25.6 Å². The zero-order chi connectivity index (χ0) is 30.8. The van der Waals surface area contributed by atoms with Crippen LogP contribution in [-0.2, 0) is 22.7 Å². The standard InChI is InChI=1S/C25H37N9O8/c26-7-3-1-5-16(22(37)38)28-9-11-33-18-14(20(35)31-24(33)41)13-15-19(30-18)34(25(42)32-21(15)36)12-10-29-17(23(39)40)6-2-4-8-27/h13,16-17,28-29H,1-12,26-27H2,(H,37,38)(H,39,40)(H,31,35,41)(H,32,36,42)/t16-,17-/m0/s1. The van der Waals surface area contributed by atoms with Crippen LogP contribution in [0.25, 0.3) is 22.1 Å². The van der Waals surface area contributed by atoms with Gasteiger partial charge in [-0.25, -0.2) is 14.6 Å². The first kappa shape index (κ1) is 32.3. The average Bonchev–Trinajstić information content (AvgIpc) is 2.93. The Hall–Kier alpha value is -4.19. The fourth-order valence-corrected chi connectivity index (χ4v) is 4.62. The summed E-state index contributed by atoms with van der Waals surface area (Å²) < 4.78 is 2.24. The molecule has 17 nitrogen and oxygen atoms in total. The molecule has 0 aliphatic heterocycles. The number of carboxylic acid groups (broad SMARTS) is 2. The first-order valence-corrected chi connectivity index (χ1v) is 13.7. The Bertz CT molecular complexity index is 1520. The van der Waals surface area contributed by atoms with E-state index in [-0.39, 0.29) is 48.2 Å². The molecule has 0 saturated heterocycles. The fourth-order valence-electron chi connectivity index (χ4n) is 4.62. The van der Waals surface area contributed by atoms with E-state index in [1.54, 1.807) is 0 Å². The Morgan fingerprint density at radius 3 is 1.52 bits per heavy atom. The zero-order valence-corrected chi connectivity index (χ0v) is 23.1. The van der Waals surface area contributed by atoms with Gasteiger partial charge in [0.2, 0.25) is 0 Å². The number of H-pyrrole nitrogens is 2. The van der Waals surface area contributed by atoms with Crippen molar-refractivity contribution in [3.8, 4) is 0 Å². The molecule has 0 aromatic carbocycles. The molecule has 0 radical (unpaired) electrons. The molecule has 3 heterocycles. The lowest BCUT2D eigenvalue weighted by Gasteiger charge is -2.17. The minimum Gasteiger partial charge on any atom is -0.480 e. The Morgan fingerprint density at radius 1 is 0.762 bits per heavy atom. The van der Waals surface area contributed by atoms with E-state index in [4.69, 9.17) is 11.5 Å². The van der Waals surface area contributed by atoms with Crippen molar-refractivity contribution < 1.29 is 19.8 Å². The normalized spacial score (nSPS) is 13.0. The lowest BCUT2D eigenvalue weighted by Crippen LogP contribution is -2.41. The largest absolute Gasteiger partial charge is 0.480 e. The van der Waals surface area contributed by atoms with Gasteiger partial charge in [-0.3, -0.25) is 38.3 Å². The third kappa shape index (κ3) is 7.96. The van der Waals surface area contributed by atoms with Crippen molar-refractivity contribution in [3.05, 3.63) is 47.7 Å². The lowest BCUT2D eigenvalue weighted by atomic mass is 10.1. The topological polar surface area (TPSA) is 273 Å². The summed E-state index contributed by atoms with van der Waals surface area (Å²) in [5, 5.41) is 24.6. The van der Waals surface area contributed by atoms with Crippen LogP contribution in [0.1, 0.15) is 38.5 Å². The Labute approximate surface area is 237 Å². The number of unbranched alkanes of at least 4 members (excludes halogenated alkanes) is 2. The molecule has 0 aliphatic carbocycles. The maximum absolute atomic E-state index is 12.7. The highest BCUT2D eigenvalue weighted by atomic mass is 16.4. The number of rotatable bonds is 18. The van der Waals surface area contributed by atoms with Crippen LogP contribution >= 0.6 is 0 Å². The van der Waals surface area contributed by atoms with E-state index >= 15 is 0 Å². The number of fused-ring (bicyclic) bond motifs is 2. The first-order chi connectivity index (χ1) is 20.1. The van der Waals surface area contributed by atoms with Gasteiger partial charge in [0.25, 0.3) is 11.1 Å². The SMILES string of the molecule is NCCCC[C@H](NCCn1c(=O)[nH]c(=O)c2cc3c(=O)[nH]c(=O)n(CCN[C@@H](CCCCN)C(=O)O)c3nc21)C(=O)O. The highest BCUT2D eigenvalue weighted by molar-refractivity contribution is 5.88. The van der Waals surface area contributed by atoms with E-state index in [1.165, 1.54) is 6.07 Å². The minimum absolute atomic E-state index is 0.0349. The number of nitrogens with zero attached hydrogens (tertiary/aromatic N) is 3. The van der Waals surface area contributed by atoms with Crippen molar-refractivity contribution in [1.29, 1.82) is 0 Å². The van der Waals surface area contributed by atoms with Gasteiger partial charge in [0, 0.05) is 26.2 Å². The van der Waals surface area contributed by atoms with Gasteiger partial charge >= 0.3 is 23.3 Å². The number of pyridine rings is 1. The second-order valence-corrected chi connectivity index (χ2v) is 9.81. The summed E-state index contributed by atoms with van der Waals surface area (Å²) in [4.78, 5) is 82.7. The summed E-state index contributed by atoms with van der Waals surface area (Å²) in [7, 11) is 0. The van der Waals surface area contributed by atoms with Gasteiger partial charge in [0.05, 0.1) is 10.8 Å². The van der Waals surface area contributed by atoms with Gasteiger partial charge in [0.1, 0.15) is 12.1 Å². The van der Waals surface area contributed by atoms with Crippen LogP contribution in [0.5, 0.6) is 0 Å². The van der Waals surface area contributed by atoms with Gasteiger partial charge in [-0.2, -0.15) is 0 Å². The van der Waals surface area contributed by atoms with Crippen LogP contribution in [0.3, 0.4) is 0 Å². The third-order valence-electron chi connectivity index (χ3n) is 6.86. The number of aliphatic carboxylic acids is 2. The summed E-state index contributed by atoms with van der Waals surface area (Å²) in [5.74, 6) is -2.12. The van der Waals surface area contributed by atoms with Crippen LogP contribution < -0.4 is 44.6 Å². The van der Waals surface area contributed by atoms with Gasteiger partial charge in [-0.1, -0.05) is 12.8 Å². The number of hydrogen-bond acceptors (Lipinski definition) is 11. The second kappa shape index (κ2) is 15.2. The molecule has 0 spiro atoms. The number of aromatic nitrogens is 5. The summed E-state index contributed by atoms with van der Waals surface area (Å²) in [5.41, 5.74) is 7.54. The van der Waals surface area contributed by atoms with Crippen LogP contribution in [0.4, 0.5) is 0 Å². The number of nitrogens with one attached hydrogen (secondary N) is 4. The van der Waals surface area contributed by atoms with E-state index < -0.39 is 46.5 Å². The Morgan fingerprint density at radius 2 is 1.17 bits per heavy atom. The Balaban J connectivity index is 1.95. The van der Waals surface area contributed by atoms with E-state index in [0.717, 1.165) is 9.13 Å². The molecule has 3 aromatic heterocycles. The van der Waals surface area contributed by atoms with Crippen molar-refractivity contribution >= 4 is 34.0 Å². The number of carbonyl (C=O) groups is 2. The number of carboxylic acids is 2. The third-order valence-corrected chi connectivity index (χ3v) is 6.86. The lowest BCUT2D eigenvalue weighted by molar-refractivity contribution is -0.140. The van der Waals surface area contributed by atoms with Crippen LogP contribution in [-0.4, -0.2) is 84.5 Å². The fraction of sp³-hybridized carbons (Fsp3) is 0.560. The van der Waals surface area contributed by atoms with Crippen molar-refractivity contribution in [2.75, 3.05) is 26.2 Å². The van der Waals surface area contributed by atoms with E-state index in [0.29, 0.717) is 51.6 Å². The Kier molecular flexibility index (Phi) is 11.7. The maximum atomic E-state index is 12.7. The molecule has 17 heteroatoms. The molecule has 0 aliphatic rings. The van der Waals surface area contributed by atoms with Crippen LogP contribution in [0.2, 0.25) is 0 Å². The van der Waals surface area contributed by atoms with Crippen LogP contribution in [0.15, 0.2) is 25.2 Å². The molecule has 230 valence electrons. The first-order valence-electron chi connectivity index (χ1n) is 13.7. The predicted octanol–water partition coefficient (Wildman–Crippen LogP) is -2.57. The number of hydrogen-bond donors (Lipinski definition) is 8. The monoisotopic (exact) mass is 591 g/mol. The molecule has 10 N–H and O–H groups in total. The molecule has 0 amide bonds. The van der Waals surface area contributed by atoms with Crippen molar-refractivity contribution in [2.45, 2.75) is 63.7 Å². The molecule has 3 aromatic rings. The van der Waals surface area contributed by atoms with Gasteiger partial charge in [-0.15, -0.1) is 0 Å². The molecular formula is C25H37N9O8.